The number of rotatable bonds is 8. The summed E-state index contributed by atoms with van der Waals surface area (Å²) in [7, 11) is 0. The van der Waals surface area contributed by atoms with Gasteiger partial charge in [-0.25, -0.2) is 14.2 Å². The smallest absolute Gasteiger partial charge is 0.326 e. The van der Waals surface area contributed by atoms with E-state index in [1.165, 1.54) is 23.5 Å². The zero-order chi connectivity index (χ0) is 23.7. The highest BCUT2D eigenvalue weighted by Gasteiger charge is 2.30. The number of carbonyl (C=O) groups excluding carboxylic acids is 1. The lowest BCUT2D eigenvalue weighted by atomic mass is 10.0. The molecular weight excluding hydrogens is 453 g/mol. The van der Waals surface area contributed by atoms with Crippen LogP contribution in [0.25, 0.3) is 21.3 Å². The van der Waals surface area contributed by atoms with E-state index in [1.807, 2.05) is 36.4 Å². The van der Waals surface area contributed by atoms with Gasteiger partial charge < -0.3 is 15.7 Å². The average molecular weight is 476 g/mol. The molecule has 1 aliphatic rings. The summed E-state index contributed by atoms with van der Waals surface area (Å²) in [5.41, 5.74) is 3.94. The third-order valence-corrected chi connectivity index (χ3v) is 6.77. The number of carboxylic acids is 1. The molecule has 1 atom stereocenters. The number of aliphatic carboxylic acids is 1. The Bertz CT molecular complexity index is 1350. The molecule has 0 unspecified atom stereocenters. The Balaban J connectivity index is 1.24. The normalized spacial score (nSPS) is 14.0. The summed E-state index contributed by atoms with van der Waals surface area (Å²) >= 11 is 1.39. The second kappa shape index (κ2) is 9.23. The van der Waals surface area contributed by atoms with Crippen LogP contribution < -0.4 is 10.6 Å². The van der Waals surface area contributed by atoms with Gasteiger partial charge in [0, 0.05) is 11.3 Å². The number of aromatic nitrogens is 1. The Morgan fingerprint density at radius 2 is 1.71 bits per heavy atom. The quantitative estimate of drug-likeness (QED) is 0.298. The molecule has 0 saturated heterocycles. The van der Waals surface area contributed by atoms with Gasteiger partial charge in [-0.15, -0.1) is 0 Å². The standard InChI is InChI=1S/C26H22FN3O3S/c27-19-9-12-21-23(14-19)34-26(30-21)28-20-10-7-17(8-11-20)16-3-5-18(6-4-16)24(31)29-22(25(32)33)13-15-1-2-15/h3-12,14-15,22H,1-2,13H2,(H,28,30)(H,29,31)(H,32,33)/t22-/m0/s1. The Morgan fingerprint density at radius 1 is 1.03 bits per heavy atom. The molecule has 3 aromatic carbocycles. The van der Waals surface area contributed by atoms with Crippen molar-refractivity contribution in [3.63, 3.8) is 0 Å². The first-order valence-corrected chi connectivity index (χ1v) is 11.8. The maximum atomic E-state index is 13.4. The summed E-state index contributed by atoms with van der Waals surface area (Å²) in [4.78, 5) is 28.4. The van der Waals surface area contributed by atoms with Gasteiger partial charge in [0.25, 0.3) is 5.91 Å². The Hall–Kier alpha value is -3.78. The number of fused-ring (bicyclic) bond motifs is 1. The van der Waals surface area contributed by atoms with Crippen molar-refractivity contribution in [2.24, 2.45) is 5.92 Å². The van der Waals surface area contributed by atoms with Crippen LogP contribution in [0, 0.1) is 11.7 Å². The average Bonchev–Trinajstić information content (AvgIpc) is 3.56. The van der Waals surface area contributed by atoms with Crippen molar-refractivity contribution in [3.05, 3.63) is 78.1 Å². The van der Waals surface area contributed by atoms with Crippen molar-refractivity contribution >= 4 is 44.2 Å². The molecule has 3 N–H and O–H groups in total. The monoisotopic (exact) mass is 475 g/mol. The van der Waals surface area contributed by atoms with Gasteiger partial charge in [-0.1, -0.05) is 48.4 Å². The van der Waals surface area contributed by atoms with E-state index < -0.39 is 12.0 Å². The van der Waals surface area contributed by atoms with Crippen LogP contribution in [0.4, 0.5) is 15.2 Å². The number of hydrogen-bond acceptors (Lipinski definition) is 5. The first-order valence-electron chi connectivity index (χ1n) is 11.0. The highest BCUT2D eigenvalue weighted by atomic mass is 32.1. The number of nitrogens with one attached hydrogen (secondary N) is 2. The van der Waals surface area contributed by atoms with Crippen molar-refractivity contribution in [2.75, 3.05) is 5.32 Å². The lowest BCUT2D eigenvalue weighted by Gasteiger charge is -2.14. The number of hydrogen-bond donors (Lipinski definition) is 3. The zero-order valence-electron chi connectivity index (χ0n) is 18.1. The lowest BCUT2D eigenvalue weighted by molar-refractivity contribution is -0.139. The van der Waals surface area contributed by atoms with Gasteiger partial charge in [0.15, 0.2) is 5.13 Å². The van der Waals surface area contributed by atoms with Crippen LogP contribution in [-0.4, -0.2) is 28.0 Å². The first kappa shape index (κ1) is 22.0. The first-order chi connectivity index (χ1) is 16.4. The molecule has 0 radical (unpaired) electrons. The van der Waals surface area contributed by atoms with Crippen molar-refractivity contribution in [2.45, 2.75) is 25.3 Å². The molecular formula is C26H22FN3O3S. The van der Waals surface area contributed by atoms with Crippen LogP contribution in [0.5, 0.6) is 0 Å². The second-order valence-corrected chi connectivity index (χ2v) is 9.48. The van der Waals surface area contributed by atoms with Gasteiger partial charge in [-0.2, -0.15) is 0 Å². The topological polar surface area (TPSA) is 91.3 Å². The molecule has 172 valence electrons. The lowest BCUT2D eigenvalue weighted by Crippen LogP contribution is -2.41. The largest absolute Gasteiger partial charge is 0.480 e. The molecule has 1 aromatic heterocycles. The summed E-state index contributed by atoms with van der Waals surface area (Å²) in [6, 6.07) is 18.5. The van der Waals surface area contributed by atoms with Gasteiger partial charge in [0.1, 0.15) is 11.9 Å². The van der Waals surface area contributed by atoms with E-state index in [9.17, 15) is 19.1 Å². The van der Waals surface area contributed by atoms with Crippen LogP contribution in [0.1, 0.15) is 29.6 Å². The molecule has 1 amide bonds. The van der Waals surface area contributed by atoms with Crippen molar-refractivity contribution in [3.8, 4) is 11.1 Å². The van der Waals surface area contributed by atoms with Gasteiger partial charge in [-0.05, 0) is 65.9 Å². The van der Waals surface area contributed by atoms with Gasteiger partial charge in [0.2, 0.25) is 0 Å². The Morgan fingerprint density at radius 3 is 2.35 bits per heavy atom. The number of thiazole rings is 1. The summed E-state index contributed by atoms with van der Waals surface area (Å²) in [6.07, 6.45) is 2.54. The summed E-state index contributed by atoms with van der Waals surface area (Å²) < 4.78 is 14.2. The Kier molecular flexibility index (Phi) is 5.98. The van der Waals surface area contributed by atoms with E-state index >= 15 is 0 Å². The van der Waals surface area contributed by atoms with Gasteiger partial charge in [-0.3, -0.25) is 4.79 Å². The van der Waals surface area contributed by atoms with Gasteiger partial charge in [0.05, 0.1) is 10.2 Å². The van der Waals surface area contributed by atoms with E-state index in [-0.39, 0.29) is 11.7 Å². The fourth-order valence-electron chi connectivity index (χ4n) is 3.79. The Labute approximate surface area is 199 Å². The predicted molar refractivity (Wildman–Crippen MR) is 131 cm³/mol. The number of benzene rings is 3. The third-order valence-electron chi connectivity index (χ3n) is 5.84. The third kappa shape index (κ3) is 5.07. The minimum absolute atomic E-state index is 0.282. The van der Waals surface area contributed by atoms with E-state index in [1.54, 1.807) is 18.2 Å². The van der Waals surface area contributed by atoms with E-state index in [2.05, 4.69) is 15.6 Å². The molecule has 4 aromatic rings. The molecule has 8 heteroatoms. The molecule has 0 spiro atoms. The van der Waals surface area contributed by atoms with Crippen LogP contribution in [-0.2, 0) is 4.79 Å². The molecule has 6 nitrogen and oxygen atoms in total. The van der Waals surface area contributed by atoms with E-state index in [0.717, 1.165) is 39.9 Å². The van der Waals surface area contributed by atoms with Crippen molar-refractivity contribution in [1.82, 2.24) is 10.3 Å². The van der Waals surface area contributed by atoms with Gasteiger partial charge >= 0.3 is 5.97 Å². The molecule has 1 fully saturated rings. The summed E-state index contributed by atoms with van der Waals surface area (Å²) in [5, 5.41) is 15.9. The maximum absolute atomic E-state index is 13.4. The molecule has 0 bridgehead atoms. The van der Waals surface area contributed by atoms with Crippen molar-refractivity contribution in [1.29, 1.82) is 0 Å². The number of nitrogens with zero attached hydrogens (tertiary/aromatic N) is 1. The van der Waals surface area contributed by atoms with E-state index in [4.69, 9.17) is 0 Å². The minimum atomic E-state index is -0.997. The highest BCUT2D eigenvalue weighted by Crippen LogP contribution is 2.34. The fourth-order valence-corrected chi connectivity index (χ4v) is 4.70. The number of anilines is 2. The van der Waals surface area contributed by atoms with Crippen LogP contribution in [0.3, 0.4) is 0 Å². The molecule has 0 aliphatic heterocycles. The number of halogens is 1. The molecule has 5 rings (SSSR count). The highest BCUT2D eigenvalue weighted by molar-refractivity contribution is 7.22. The van der Waals surface area contributed by atoms with E-state index in [0.29, 0.717) is 23.0 Å². The summed E-state index contributed by atoms with van der Waals surface area (Å²) in [6.45, 7) is 0. The molecule has 1 saturated carbocycles. The van der Waals surface area contributed by atoms with Crippen LogP contribution >= 0.6 is 11.3 Å². The number of carbonyl (C=O) groups is 2. The molecule has 1 heterocycles. The number of amides is 1. The zero-order valence-corrected chi connectivity index (χ0v) is 18.9. The molecule has 1 aliphatic carbocycles. The fraction of sp³-hybridized carbons (Fsp3) is 0.192. The minimum Gasteiger partial charge on any atom is -0.480 e. The SMILES string of the molecule is O=C(N[C@@H](CC1CC1)C(=O)O)c1ccc(-c2ccc(Nc3nc4ccc(F)cc4s3)cc2)cc1. The van der Waals surface area contributed by atoms with Crippen LogP contribution in [0.15, 0.2) is 66.7 Å². The molecule has 34 heavy (non-hydrogen) atoms. The number of carboxylic acid groups (broad SMARTS) is 1. The predicted octanol–water partition coefficient (Wildman–Crippen LogP) is 5.83. The van der Waals surface area contributed by atoms with Crippen molar-refractivity contribution < 1.29 is 19.1 Å². The second-order valence-electron chi connectivity index (χ2n) is 8.45. The summed E-state index contributed by atoms with van der Waals surface area (Å²) in [5.74, 6) is -1.26. The maximum Gasteiger partial charge on any atom is 0.326 e. The van der Waals surface area contributed by atoms with Crippen LogP contribution in [0.2, 0.25) is 0 Å².